The second-order valence-corrected chi connectivity index (χ2v) is 23.2. The molecule has 5 nitrogen and oxygen atoms in total. The van der Waals surface area contributed by atoms with Gasteiger partial charge < -0.3 is 14.4 Å². The highest BCUT2D eigenvalue weighted by atomic mass is 16.1. The highest BCUT2D eigenvalue weighted by Crippen LogP contribution is 2.41. The van der Waals surface area contributed by atoms with Crippen LogP contribution in [0.1, 0.15) is 257 Å². The minimum absolute atomic E-state index is 0.147. The lowest BCUT2D eigenvalue weighted by molar-refractivity contribution is -0.115. The van der Waals surface area contributed by atoms with Crippen LogP contribution in [0.4, 0.5) is 0 Å². The first-order valence-corrected chi connectivity index (χ1v) is 29.4. The van der Waals surface area contributed by atoms with Gasteiger partial charge in [0.05, 0.1) is 6.42 Å². The molecule has 2 aromatic carbocycles. The number of hydrogen-bond acceptors (Lipinski definition) is 5. The van der Waals surface area contributed by atoms with Gasteiger partial charge in [0.25, 0.3) is 0 Å². The third-order valence-electron chi connectivity index (χ3n) is 17.3. The standard InChI is InChI=1S/C24H34.C20H30.C17H20O2.C7H8.2C3H6O.C2H4O/c1-11-22-18(7)20(9)24(21(10)19(22)8)12-23-16(5)14(3)13(2)15(4)17(23)6;1-7-18-10-17(6)20(11-16(18)5)12-19-9-14(3)13(2)8-15(19)4;1-8-10(3)16(18)12(5)14(8)7-15-9(2)11(4)17(19)13(15)6;1-3-5-7-6-4-2;2*1-3(2)4;1-2-3/h11-12H2,1-10H3;7-12H2,1-6H3;7H2,1-6H3;7H2,1-2H3;2*1-2H3;2H,1H3. The summed E-state index contributed by atoms with van der Waals surface area (Å²) in [6, 6.07) is 0. The third kappa shape index (κ3) is 21.3. The molecule has 0 aromatic heterocycles. The second kappa shape index (κ2) is 35.6. The molecule has 442 valence electrons. The van der Waals surface area contributed by atoms with E-state index in [1.807, 2.05) is 55.4 Å². The molecular weight excluding hydrogens is 993 g/mol. The van der Waals surface area contributed by atoms with E-state index in [2.05, 4.69) is 134 Å². The van der Waals surface area contributed by atoms with E-state index in [-0.39, 0.29) is 23.1 Å². The van der Waals surface area contributed by atoms with Crippen LogP contribution in [0.25, 0.3) is 0 Å². The Bertz CT molecular complexity index is 2970. The van der Waals surface area contributed by atoms with Crippen molar-refractivity contribution in [3.05, 3.63) is 156 Å². The van der Waals surface area contributed by atoms with Gasteiger partial charge in [0.1, 0.15) is 17.9 Å². The average Bonchev–Trinajstić information content (AvgIpc) is 3.94. The number of carbonyl (C=O) groups excluding carboxylic acids is 5. The van der Waals surface area contributed by atoms with Crippen molar-refractivity contribution in [1.29, 1.82) is 0 Å². The van der Waals surface area contributed by atoms with Crippen molar-refractivity contribution in [3.63, 3.8) is 0 Å². The van der Waals surface area contributed by atoms with E-state index in [9.17, 15) is 19.2 Å². The highest BCUT2D eigenvalue weighted by molar-refractivity contribution is 6.14. The summed E-state index contributed by atoms with van der Waals surface area (Å²) < 4.78 is 0. The van der Waals surface area contributed by atoms with E-state index in [0.29, 0.717) is 12.8 Å². The van der Waals surface area contributed by atoms with E-state index in [0.717, 1.165) is 63.7 Å². The van der Waals surface area contributed by atoms with Crippen molar-refractivity contribution >= 4 is 29.4 Å². The van der Waals surface area contributed by atoms with Crippen LogP contribution in [0.15, 0.2) is 89.2 Å². The molecule has 0 saturated carbocycles. The number of hydrogen-bond donors (Lipinski definition) is 0. The van der Waals surface area contributed by atoms with E-state index < -0.39 is 0 Å². The monoisotopic (exact) mass is 1100 g/mol. The predicted octanol–water partition coefficient (Wildman–Crippen LogP) is 19.9. The molecule has 4 aliphatic carbocycles. The van der Waals surface area contributed by atoms with Crippen molar-refractivity contribution in [1.82, 2.24) is 0 Å². The second-order valence-electron chi connectivity index (χ2n) is 23.2. The van der Waals surface area contributed by atoms with Crippen LogP contribution >= 0.6 is 0 Å². The number of ketones is 4. The van der Waals surface area contributed by atoms with Gasteiger partial charge in [0.2, 0.25) is 0 Å². The molecular formula is C76H108O5. The number of allylic oxidation sites excluding steroid dienone is 16. The van der Waals surface area contributed by atoms with E-state index in [4.69, 9.17) is 4.79 Å². The van der Waals surface area contributed by atoms with E-state index >= 15 is 0 Å². The predicted molar refractivity (Wildman–Crippen MR) is 350 cm³/mol. The molecule has 4 aliphatic rings. The Morgan fingerprint density at radius 2 is 0.667 bits per heavy atom. The number of Topliss-reactive ketones (excluding diaryl/α,β-unsaturated/α-hetero) is 4. The topological polar surface area (TPSA) is 85.3 Å². The molecule has 0 atom stereocenters. The van der Waals surface area contributed by atoms with Gasteiger partial charge in [-0.25, -0.2) is 0 Å². The molecule has 2 aromatic rings. The summed E-state index contributed by atoms with van der Waals surface area (Å²) >= 11 is 0. The van der Waals surface area contributed by atoms with Crippen molar-refractivity contribution in [3.8, 4) is 23.7 Å². The van der Waals surface area contributed by atoms with Gasteiger partial charge in [-0.15, -0.1) is 11.8 Å². The molecule has 0 radical (unpaired) electrons. The van der Waals surface area contributed by atoms with Gasteiger partial charge in [-0.2, -0.15) is 0 Å². The van der Waals surface area contributed by atoms with Gasteiger partial charge in [-0.05, 0) is 345 Å². The quantitative estimate of drug-likeness (QED) is 0.149. The maximum Gasteiger partial charge on any atom is 0.184 e. The maximum atomic E-state index is 12.0. The SMILES string of the molecule is CC#CCC#CC.CC(C)=O.CC(C)=O.CC1=C(C)C(CC2=C(C)C(=O)C(C)=C2C)=C(C)C1=O.CC=O.CCC1=C(C)CC(CC2=C(C)CC(C)=C(C)C2)=C(C)C1.CCc1c(C)c(C)c(Cc2c(C)c(C)c(C)c(C)c2C)c(C)c1C. The average molecular weight is 1100 g/mol. The Hall–Kier alpha value is -6.17. The van der Waals surface area contributed by atoms with E-state index in [1.165, 1.54) is 134 Å². The molecule has 0 N–H and O–H groups in total. The first-order chi connectivity index (χ1) is 37.6. The Morgan fingerprint density at radius 1 is 0.383 bits per heavy atom. The summed E-state index contributed by atoms with van der Waals surface area (Å²) in [5, 5.41) is 0. The summed E-state index contributed by atoms with van der Waals surface area (Å²) in [6.07, 6.45) is 11.6. The summed E-state index contributed by atoms with van der Waals surface area (Å²) in [5.74, 6) is 11.8. The minimum atomic E-state index is 0.147. The number of rotatable bonds is 8. The molecule has 0 saturated heterocycles. The smallest absolute Gasteiger partial charge is 0.184 e. The van der Waals surface area contributed by atoms with Crippen molar-refractivity contribution in [2.24, 2.45) is 0 Å². The molecule has 0 fully saturated rings. The molecule has 0 amide bonds. The van der Waals surface area contributed by atoms with Crippen LogP contribution < -0.4 is 0 Å². The van der Waals surface area contributed by atoms with E-state index in [1.54, 1.807) is 50.1 Å². The lowest BCUT2D eigenvalue weighted by Gasteiger charge is -2.26. The van der Waals surface area contributed by atoms with Gasteiger partial charge in [-0.3, -0.25) is 9.59 Å². The molecule has 5 heteroatoms. The fourth-order valence-corrected chi connectivity index (χ4v) is 11.0. The maximum absolute atomic E-state index is 12.0. The Morgan fingerprint density at radius 3 is 0.988 bits per heavy atom. The normalized spacial score (nSPS) is 14.7. The number of benzene rings is 2. The Balaban J connectivity index is 0.00000103. The zero-order chi connectivity index (χ0) is 63.1. The lowest BCUT2D eigenvalue weighted by Crippen LogP contribution is -2.09. The zero-order valence-corrected chi connectivity index (χ0v) is 56.7. The Labute approximate surface area is 495 Å². The van der Waals surface area contributed by atoms with Crippen LogP contribution in [0, 0.1) is 86.0 Å². The molecule has 0 spiro atoms. The zero-order valence-electron chi connectivity index (χ0n) is 56.7. The van der Waals surface area contributed by atoms with Gasteiger partial charge in [-0.1, -0.05) is 70.3 Å². The first-order valence-electron chi connectivity index (χ1n) is 29.4. The minimum Gasteiger partial charge on any atom is -0.304 e. The van der Waals surface area contributed by atoms with Gasteiger partial charge >= 0.3 is 0 Å². The van der Waals surface area contributed by atoms with Gasteiger partial charge in [0.15, 0.2) is 11.6 Å². The van der Waals surface area contributed by atoms with Crippen LogP contribution in [0.2, 0.25) is 0 Å². The largest absolute Gasteiger partial charge is 0.304 e. The summed E-state index contributed by atoms with van der Waals surface area (Å²) in [5.41, 5.74) is 38.7. The highest BCUT2D eigenvalue weighted by Gasteiger charge is 2.29. The van der Waals surface area contributed by atoms with Crippen molar-refractivity contribution in [2.75, 3.05) is 0 Å². The number of aldehydes is 1. The van der Waals surface area contributed by atoms with Crippen molar-refractivity contribution in [2.45, 2.75) is 265 Å². The Kier molecular flexibility index (Phi) is 32.9. The van der Waals surface area contributed by atoms with Crippen LogP contribution in [0.5, 0.6) is 0 Å². The lowest BCUT2D eigenvalue weighted by atomic mass is 9.80. The van der Waals surface area contributed by atoms with Crippen LogP contribution in [0.3, 0.4) is 0 Å². The molecule has 0 heterocycles. The first kappa shape index (κ1) is 74.8. The fourth-order valence-electron chi connectivity index (χ4n) is 11.0. The van der Waals surface area contributed by atoms with Crippen LogP contribution in [-0.4, -0.2) is 29.4 Å². The molecule has 0 aliphatic heterocycles. The molecule has 6 rings (SSSR count). The number of carbonyl (C=O) groups is 5. The summed E-state index contributed by atoms with van der Waals surface area (Å²) in [6.45, 7) is 59.5. The van der Waals surface area contributed by atoms with Gasteiger partial charge in [0, 0.05) is 11.1 Å². The van der Waals surface area contributed by atoms with Crippen LogP contribution in [-0.2, 0) is 36.8 Å². The third-order valence-corrected chi connectivity index (χ3v) is 17.3. The molecule has 0 unspecified atom stereocenters. The summed E-state index contributed by atoms with van der Waals surface area (Å²) in [7, 11) is 0. The van der Waals surface area contributed by atoms with Crippen molar-refractivity contribution < 1.29 is 24.0 Å². The molecule has 0 bridgehead atoms. The fraction of sp³-hybridized carbons (Fsp3) is 0.513. The summed E-state index contributed by atoms with van der Waals surface area (Å²) in [4.78, 5) is 51.7. The molecule has 81 heavy (non-hydrogen) atoms.